The van der Waals surface area contributed by atoms with Crippen molar-refractivity contribution in [3.63, 3.8) is 0 Å². The van der Waals surface area contributed by atoms with E-state index in [0.717, 1.165) is 0 Å². The smallest absolute Gasteiger partial charge is 0.0724 e. The van der Waals surface area contributed by atoms with Crippen LogP contribution in [0.3, 0.4) is 0 Å². The van der Waals surface area contributed by atoms with Crippen LogP contribution in [0.2, 0.25) is 0 Å². The summed E-state index contributed by atoms with van der Waals surface area (Å²) in [6, 6.07) is 1.31. The van der Waals surface area contributed by atoms with Crippen LogP contribution in [0.15, 0.2) is 0 Å². The van der Waals surface area contributed by atoms with Gasteiger partial charge in [-0.1, -0.05) is 46.0 Å². The van der Waals surface area contributed by atoms with E-state index in [4.69, 9.17) is 4.74 Å². The van der Waals surface area contributed by atoms with Crippen molar-refractivity contribution in [2.24, 2.45) is 0 Å². The molecular formula is C15H31NO. The molecule has 2 nitrogen and oxygen atoms in total. The van der Waals surface area contributed by atoms with E-state index in [1.54, 1.807) is 0 Å². The summed E-state index contributed by atoms with van der Waals surface area (Å²) >= 11 is 0. The van der Waals surface area contributed by atoms with Crippen LogP contribution in [-0.4, -0.2) is 25.3 Å². The lowest BCUT2D eigenvalue weighted by atomic mass is 9.91. The number of nitrogens with one attached hydrogen (secondary N) is 1. The summed E-state index contributed by atoms with van der Waals surface area (Å²) in [4.78, 5) is 0. The fourth-order valence-electron chi connectivity index (χ4n) is 2.98. The van der Waals surface area contributed by atoms with Gasteiger partial charge in [0.15, 0.2) is 0 Å². The van der Waals surface area contributed by atoms with Crippen LogP contribution in [0.1, 0.15) is 71.6 Å². The minimum atomic E-state index is 0.449. The molecule has 3 atom stereocenters. The van der Waals surface area contributed by atoms with Gasteiger partial charge in [0.25, 0.3) is 0 Å². The van der Waals surface area contributed by atoms with E-state index in [2.05, 4.69) is 19.2 Å². The molecule has 3 unspecified atom stereocenters. The number of rotatable bonds is 8. The number of unbranched alkanes of at least 4 members (excludes halogenated alkanes) is 1. The van der Waals surface area contributed by atoms with Crippen molar-refractivity contribution in [3.05, 3.63) is 0 Å². The third kappa shape index (κ3) is 5.39. The SMILES string of the molecule is CCCCC(CCC)NC1CCCCC1OC. The van der Waals surface area contributed by atoms with E-state index in [0.29, 0.717) is 18.2 Å². The van der Waals surface area contributed by atoms with Gasteiger partial charge in [-0.05, 0) is 25.7 Å². The van der Waals surface area contributed by atoms with Gasteiger partial charge >= 0.3 is 0 Å². The van der Waals surface area contributed by atoms with Gasteiger partial charge < -0.3 is 10.1 Å². The highest BCUT2D eigenvalue weighted by Crippen LogP contribution is 2.22. The van der Waals surface area contributed by atoms with E-state index in [1.807, 2.05) is 7.11 Å². The summed E-state index contributed by atoms with van der Waals surface area (Å²) in [6.45, 7) is 4.57. The Balaban J connectivity index is 2.39. The zero-order chi connectivity index (χ0) is 12.5. The van der Waals surface area contributed by atoms with Gasteiger partial charge in [-0.2, -0.15) is 0 Å². The van der Waals surface area contributed by atoms with E-state index < -0.39 is 0 Å². The first-order chi connectivity index (χ1) is 8.31. The van der Waals surface area contributed by atoms with Crippen molar-refractivity contribution >= 4 is 0 Å². The minimum absolute atomic E-state index is 0.449. The van der Waals surface area contributed by atoms with Crippen LogP contribution in [0.4, 0.5) is 0 Å². The largest absolute Gasteiger partial charge is 0.380 e. The molecule has 0 aromatic carbocycles. The van der Waals surface area contributed by atoms with Gasteiger partial charge in [0.05, 0.1) is 6.10 Å². The molecule has 1 fully saturated rings. The van der Waals surface area contributed by atoms with Crippen LogP contribution in [0.5, 0.6) is 0 Å². The topological polar surface area (TPSA) is 21.3 Å². The van der Waals surface area contributed by atoms with Crippen LogP contribution in [-0.2, 0) is 4.74 Å². The molecule has 102 valence electrons. The van der Waals surface area contributed by atoms with Gasteiger partial charge in [0.1, 0.15) is 0 Å². The molecule has 1 saturated carbocycles. The molecule has 0 spiro atoms. The van der Waals surface area contributed by atoms with Crippen molar-refractivity contribution in [1.29, 1.82) is 0 Å². The molecule has 1 aliphatic rings. The van der Waals surface area contributed by atoms with Crippen LogP contribution < -0.4 is 5.32 Å². The number of ether oxygens (including phenoxy) is 1. The molecule has 2 heteroatoms. The third-order valence-corrected chi connectivity index (χ3v) is 4.00. The summed E-state index contributed by atoms with van der Waals surface area (Å²) in [5, 5.41) is 3.87. The normalized spacial score (nSPS) is 27.0. The predicted molar refractivity (Wildman–Crippen MR) is 74.4 cm³/mol. The van der Waals surface area contributed by atoms with Gasteiger partial charge in [-0.25, -0.2) is 0 Å². The van der Waals surface area contributed by atoms with Crippen molar-refractivity contribution in [2.45, 2.75) is 89.8 Å². The van der Waals surface area contributed by atoms with Crippen molar-refractivity contribution in [3.8, 4) is 0 Å². The molecule has 1 aliphatic carbocycles. The maximum absolute atomic E-state index is 5.62. The van der Waals surface area contributed by atoms with Crippen LogP contribution in [0, 0.1) is 0 Å². The first-order valence-electron chi connectivity index (χ1n) is 7.60. The minimum Gasteiger partial charge on any atom is -0.380 e. The number of hydrogen-bond acceptors (Lipinski definition) is 2. The lowest BCUT2D eigenvalue weighted by molar-refractivity contribution is 0.0367. The Kier molecular flexibility index (Phi) is 7.87. The molecule has 0 bridgehead atoms. The van der Waals surface area contributed by atoms with Gasteiger partial charge in [0.2, 0.25) is 0 Å². The quantitative estimate of drug-likeness (QED) is 0.696. The molecule has 0 aliphatic heterocycles. The summed E-state index contributed by atoms with van der Waals surface area (Å²) in [7, 11) is 1.87. The second kappa shape index (κ2) is 8.93. The Morgan fingerprint density at radius 2 is 1.88 bits per heavy atom. The molecule has 17 heavy (non-hydrogen) atoms. The highest BCUT2D eigenvalue weighted by Gasteiger charge is 2.26. The van der Waals surface area contributed by atoms with Gasteiger partial charge in [-0.3, -0.25) is 0 Å². The molecule has 0 radical (unpaired) electrons. The summed E-state index contributed by atoms with van der Waals surface area (Å²) in [5.41, 5.74) is 0. The molecule has 0 aromatic heterocycles. The Labute approximate surface area is 108 Å². The number of hydrogen-bond donors (Lipinski definition) is 1. The Morgan fingerprint density at radius 3 is 2.53 bits per heavy atom. The molecule has 0 aromatic rings. The predicted octanol–water partition coefficient (Wildman–Crippen LogP) is 3.89. The average Bonchev–Trinajstić information content (AvgIpc) is 2.37. The second-order valence-electron chi connectivity index (χ2n) is 5.46. The molecular weight excluding hydrogens is 210 g/mol. The Bertz CT molecular complexity index is 184. The molecule has 0 amide bonds. The molecule has 0 saturated heterocycles. The van der Waals surface area contributed by atoms with E-state index in [9.17, 15) is 0 Å². The fraction of sp³-hybridized carbons (Fsp3) is 1.00. The molecule has 0 heterocycles. The third-order valence-electron chi connectivity index (χ3n) is 4.00. The standard InChI is InChI=1S/C15H31NO/c1-4-6-10-13(9-5-2)16-14-11-7-8-12-15(14)17-3/h13-16H,4-12H2,1-3H3. The maximum atomic E-state index is 5.62. The Hall–Kier alpha value is -0.0800. The molecule has 1 N–H and O–H groups in total. The van der Waals surface area contributed by atoms with Gasteiger partial charge in [0, 0.05) is 19.2 Å². The monoisotopic (exact) mass is 241 g/mol. The highest BCUT2D eigenvalue weighted by atomic mass is 16.5. The Morgan fingerprint density at radius 1 is 1.12 bits per heavy atom. The number of methoxy groups -OCH3 is 1. The van der Waals surface area contributed by atoms with Crippen LogP contribution >= 0.6 is 0 Å². The summed E-state index contributed by atoms with van der Waals surface area (Å²) in [6.07, 6.45) is 12.3. The zero-order valence-corrected chi connectivity index (χ0v) is 12.0. The van der Waals surface area contributed by atoms with E-state index in [-0.39, 0.29) is 0 Å². The van der Waals surface area contributed by atoms with Crippen molar-refractivity contribution in [1.82, 2.24) is 5.32 Å². The first-order valence-corrected chi connectivity index (χ1v) is 7.60. The highest BCUT2D eigenvalue weighted by molar-refractivity contribution is 4.84. The summed E-state index contributed by atoms with van der Waals surface area (Å²) < 4.78 is 5.62. The van der Waals surface area contributed by atoms with Crippen molar-refractivity contribution in [2.75, 3.05) is 7.11 Å². The van der Waals surface area contributed by atoms with Gasteiger partial charge in [-0.15, -0.1) is 0 Å². The van der Waals surface area contributed by atoms with E-state index >= 15 is 0 Å². The summed E-state index contributed by atoms with van der Waals surface area (Å²) in [5.74, 6) is 0. The van der Waals surface area contributed by atoms with Crippen LogP contribution in [0.25, 0.3) is 0 Å². The lowest BCUT2D eigenvalue weighted by Gasteiger charge is -2.34. The second-order valence-corrected chi connectivity index (χ2v) is 5.46. The van der Waals surface area contributed by atoms with Crippen molar-refractivity contribution < 1.29 is 4.74 Å². The first kappa shape index (κ1) is 15.0. The zero-order valence-electron chi connectivity index (χ0n) is 12.0. The fourth-order valence-corrected chi connectivity index (χ4v) is 2.98. The average molecular weight is 241 g/mol. The lowest BCUT2D eigenvalue weighted by Crippen LogP contribution is -2.47. The molecule has 1 rings (SSSR count). The van der Waals surface area contributed by atoms with E-state index in [1.165, 1.54) is 57.8 Å². The maximum Gasteiger partial charge on any atom is 0.0724 e.